The van der Waals surface area contributed by atoms with Crippen LogP contribution >= 0.6 is 0 Å². The van der Waals surface area contributed by atoms with Crippen molar-refractivity contribution in [2.45, 2.75) is 45.6 Å². The Bertz CT molecular complexity index is 716. The molecule has 10 nitrogen and oxygen atoms in total. The Morgan fingerprint density at radius 3 is 2.32 bits per heavy atom. The van der Waals surface area contributed by atoms with Crippen LogP contribution in [-0.2, 0) is 6.61 Å². The Balaban J connectivity index is 1.81. The highest BCUT2D eigenvalue weighted by Crippen LogP contribution is 2.23. The molecule has 3 atom stereocenters. The minimum atomic E-state index is -0.736. The van der Waals surface area contributed by atoms with Gasteiger partial charge in [0.05, 0.1) is 0 Å². The van der Waals surface area contributed by atoms with Crippen LogP contribution in [0.1, 0.15) is 38.5 Å². The molecule has 10 heteroatoms. The van der Waals surface area contributed by atoms with Gasteiger partial charge in [0.1, 0.15) is 25.4 Å². The zero-order valence-electron chi connectivity index (χ0n) is 14.5. The predicted molar refractivity (Wildman–Crippen MR) is 89.8 cm³/mol. The van der Waals surface area contributed by atoms with Crippen molar-refractivity contribution in [1.29, 1.82) is 0 Å². The van der Waals surface area contributed by atoms with Gasteiger partial charge in [0.25, 0.3) is 0 Å². The minimum Gasteiger partial charge on any atom is -0.388 e. The molecule has 0 aromatic carbocycles. The summed E-state index contributed by atoms with van der Waals surface area (Å²) >= 11 is 0. The fourth-order valence-corrected chi connectivity index (χ4v) is 3.05. The summed E-state index contributed by atoms with van der Waals surface area (Å²) in [5, 5.41) is 18.9. The standard InChI is InChI=1S/C15H22N8O2/c1-9-4-22(14-18-8-17-13(21-14)11(3)25)5-10(2)23(9)15-19-7-16-12(6-24)20-15/h7-11,24-25H,4-6H2,1-3H3/t9-,10+,11?. The van der Waals surface area contributed by atoms with Gasteiger partial charge in [0.15, 0.2) is 11.6 Å². The zero-order chi connectivity index (χ0) is 18.0. The van der Waals surface area contributed by atoms with Crippen molar-refractivity contribution in [2.24, 2.45) is 0 Å². The fraction of sp³-hybridized carbons (Fsp3) is 0.600. The molecule has 1 aliphatic rings. The third kappa shape index (κ3) is 3.64. The lowest BCUT2D eigenvalue weighted by Gasteiger charge is -2.44. The van der Waals surface area contributed by atoms with E-state index in [1.165, 1.54) is 12.7 Å². The van der Waals surface area contributed by atoms with Crippen molar-refractivity contribution in [3.05, 3.63) is 24.3 Å². The van der Waals surface area contributed by atoms with Gasteiger partial charge >= 0.3 is 0 Å². The second-order valence-corrected chi connectivity index (χ2v) is 6.19. The first-order chi connectivity index (χ1) is 12.0. The summed E-state index contributed by atoms with van der Waals surface area (Å²) in [6.07, 6.45) is 2.10. The summed E-state index contributed by atoms with van der Waals surface area (Å²) in [7, 11) is 0. The molecule has 0 saturated carbocycles. The Morgan fingerprint density at radius 2 is 1.68 bits per heavy atom. The number of aromatic nitrogens is 6. The van der Waals surface area contributed by atoms with Crippen LogP contribution in [0.2, 0.25) is 0 Å². The molecule has 0 radical (unpaired) electrons. The normalized spacial score (nSPS) is 22.1. The first kappa shape index (κ1) is 17.4. The topological polar surface area (TPSA) is 124 Å². The Morgan fingerprint density at radius 1 is 1.04 bits per heavy atom. The third-order valence-electron chi connectivity index (χ3n) is 4.13. The van der Waals surface area contributed by atoms with Crippen molar-refractivity contribution >= 4 is 11.9 Å². The van der Waals surface area contributed by atoms with E-state index in [9.17, 15) is 10.2 Å². The number of hydrogen-bond acceptors (Lipinski definition) is 10. The van der Waals surface area contributed by atoms with E-state index in [0.29, 0.717) is 36.6 Å². The van der Waals surface area contributed by atoms with E-state index in [-0.39, 0.29) is 18.7 Å². The highest BCUT2D eigenvalue weighted by atomic mass is 16.3. The Hall–Kier alpha value is -2.46. The predicted octanol–water partition coefficient (Wildman–Crippen LogP) is -0.294. The maximum atomic E-state index is 9.67. The van der Waals surface area contributed by atoms with Crippen molar-refractivity contribution in [2.75, 3.05) is 22.9 Å². The summed E-state index contributed by atoms with van der Waals surface area (Å²) in [4.78, 5) is 29.2. The molecule has 2 N–H and O–H groups in total. The van der Waals surface area contributed by atoms with Crippen molar-refractivity contribution in [3.63, 3.8) is 0 Å². The molecule has 1 saturated heterocycles. The van der Waals surface area contributed by atoms with E-state index in [2.05, 4.69) is 53.6 Å². The van der Waals surface area contributed by atoms with Gasteiger partial charge < -0.3 is 20.0 Å². The average molecular weight is 346 g/mol. The number of aliphatic hydroxyl groups excluding tert-OH is 2. The van der Waals surface area contributed by atoms with E-state index in [0.717, 1.165) is 0 Å². The highest BCUT2D eigenvalue weighted by molar-refractivity contribution is 5.40. The molecule has 1 unspecified atom stereocenters. The van der Waals surface area contributed by atoms with E-state index < -0.39 is 6.10 Å². The van der Waals surface area contributed by atoms with Crippen molar-refractivity contribution in [3.8, 4) is 0 Å². The molecule has 25 heavy (non-hydrogen) atoms. The number of hydrogen-bond donors (Lipinski definition) is 2. The van der Waals surface area contributed by atoms with Crippen molar-refractivity contribution in [1.82, 2.24) is 29.9 Å². The quantitative estimate of drug-likeness (QED) is 0.762. The molecule has 1 fully saturated rings. The van der Waals surface area contributed by atoms with Gasteiger partial charge in [0.2, 0.25) is 11.9 Å². The molecule has 1 aliphatic heterocycles. The monoisotopic (exact) mass is 346 g/mol. The lowest BCUT2D eigenvalue weighted by molar-refractivity contribution is 0.188. The zero-order valence-corrected chi connectivity index (χ0v) is 14.5. The molecule has 0 aliphatic carbocycles. The average Bonchev–Trinajstić information content (AvgIpc) is 2.61. The van der Waals surface area contributed by atoms with E-state index in [1.54, 1.807) is 6.92 Å². The molecule has 0 bridgehead atoms. The Labute approximate surface area is 145 Å². The number of anilines is 2. The highest BCUT2D eigenvalue weighted by Gasteiger charge is 2.32. The van der Waals surface area contributed by atoms with Crippen molar-refractivity contribution < 1.29 is 10.2 Å². The molecule has 134 valence electrons. The second-order valence-electron chi connectivity index (χ2n) is 6.19. The molecule has 0 amide bonds. The molecule has 3 rings (SSSR count). The van der Waals surface area contributed by atoms with Crippen LogP contribution < -0.4 is 9.80 Å². The molecule has 0 spiro atoms. The smallest absolute Gasteiger partial charge is 0.229 e. The fourth-order valence-electron chi connectivity index (χ4n) is 3.05. The van der Waals surface area contributed by atoms with Crippen LogP contribution in [0.4, 0.5) is 11.9 Å². The second kappa shape index (κ2) is 7.19. The van der Waals surface area contributed by atoms with Crippen LogP contribution in [0.25, 0.3) is 0 Å². The molecule has 3 heterocycles. The number of piperazine rings is 1. The first-order valence-corrected chi connectivity index (χ1v) is 8.18. The molecule has 2 aromatic heterocycles. The summed E-state index contributed by atoms with van der Waals surface area (Å²) in [6.45, 7) is 6.90. The van der Waals surface area contributed by atoms with Gasteiger partial charge in [-0.05, 0) is 20.8 Å². The van der Waals surface area contributed by atoms with E-state index in [1.807, 2.05) is 0 Å². The van der Waals surface area contributed by atoms with Crippen LogP contribution in [0.15, 0.2) is 12.7 Å². The minimum absolute atomic E-state index is 0.101. The maximum Gasteiger partial charge on any atom is 0.229 e. The number of aliphatic hydroxyl groups is 2. The SMILES string of the molecule is CC(O)c1ncnc(N2C[C@@H](C)N(c3ncnc(CO)n3)[C@@H](C)C2)n1. The largest absolute Gasteiger partial charge is 0.388 e. The molecular weight excluding hydrogens is 324 g/mol. The van der Waals surface area contributed by atoms with Crippen LogP contribution in [0.5, 0.6) is 0 Å². The van der Waals surface area contributed by atoms with Gasteiger partial charge in [-0.15, -0.1) is 0 Å². The molecule has 2 aromatic rings. The van der Waals surface area contributed by atoms with E-state index >= 15 is 0 Å². The summed E-state index contributed by atoms with van der Waals surface area (Å²) in [5.74, 6) is 1.82. The van der Waals surface area contributed by atoms with Gasteiger partial charge in [-0.2, -0.15) is 9.97 Å². The summed E-state index contributed by atoms with van der Waals surface area (Å²) in [5.41, 5.74) is 0. The van der Waals surface area contributed by atoms with Crippen LogP contribution in [0, 0.1) is 0 Å². The van der Waals surface area contributed by atoms with Crippen LogP contribution in [-0.4, -0.2) is 65.3 Å². The van der Waals surface area contributed by atoms with Gasteiger partial charge in [0, 0.05) is 25.2 Å². The van der Waals surface area contributed by atoms with Crippen LogP contribution in [0.3, 0.4) is 0 Å². The number of rotatable bonds is 4. The van der Waals surface area contributed by atoms with Gasteiger partial charge in [-0.25, -0.2) is 19.9 Å². The third-order valence-corrected chi connectivity index (χ3v) is 4.13. The Kier molecular flexibility index (Phi) is 5.00. The van der Waals surface area contributed by atoms with Gasteiger partial charge in [-0.1, -0.05) is 0 Å². The summed E-state index contributed by atoms with van der Waals surface area (Å²) < 4.78 is 0. The first-order valence-electron chi connectivity index (χ1n) is 8.18. The van der Waals surface area contributed by atoms with E-state index in [4.69, 9.17) is 0 Å². The maximum absolute atomic E-state index is 9.67. The van der Waals surface area contributed by atoms with Gasteiger partial charge in [-0.3, -0.25) is 0 Å². The number of nitrogens with zero attached hydrogens (tertiary/aromatic N) is 8. The summed E-state index contributed by atoms with van der Waals surface area (Å²) in [6, 6.07) is 0.203. The molecular formula is C15H22N8O2. The lowest BCUT2D eigenvalue weighted by atomic mass is 10.1. The lowest BCUT2D eigenvalue weighted by Crippen LogP contribution is -2.58.